The van der Waals surface area contributed by atoms with E-state index in [9.17, 15) is 4.79 Å². The van der Waals surface area contributed by atoms with Crippen molar-refractivity contribution < 1.29 is 9.53 Å². The third-order valence-corrected chi connectivity index (χ3v) is 1.44. The molecule has 2 N–H and O–H groups in total. The topological polar surface area (TPSA) is 65.2 Å². The van der Waals surface area contributed by atoms with Gasteiger partial charge in [-0.15, -0.1) is 0 Å². The monoisotopic (exact) mass is 166 g/mol. The van der Waals surface area contributed by atoms with Gasteiger partial charge in [-0.3, -0.25) is 9.78 Å². The van der Waals surface area contributed by atoms with Gasteiger partial charge in [0.05, 0.1) is 13.5 Å². The highest BCUT2D eigenvalue weighted by Gasteiger charge is 2.04. The molecule has 0 unspecified atom stereocenters. The van der Waals surface area contributed by atoms with Crippen molar-refractivity contribution in [2.75, 3.05) is 7.11 Å². The smallest absolute Gasteiger partial charge is 0.222 e. The second-order valence-corrected chi connectivity index (χ2v) is 2.33. The lowest BCUT2D eigenvalue weighted by Gasteiger charge is -2.04. The van der Waals surface area contributed by atoms with Crippen LogP contribution in [0.25, 0.3) is 0 Å². The van der Waals surface area contributed by atoms with Crippen LogP contribution in [0.2, 0.25) is 0 Å². The Morgan fingerprint density at radius 3 is 3.08 bits per heavy atom. The Hall–Kier alpha value is -1.58. The van der Waals surface area contributed by atoms with Gasteiger partial charge < -0.3 is 10.5 Å². The first-order valence-electron chi connectivity index (χ1n) is 3.49. The average Bonchev–Trinajstić information content (AvgIpc) is 2.04. The van der Waals surface area contributed by atoms with Gasteiger partial charge in [0, 0.05) is 18.0 Å². The first-order chi connectivity index (χ1) is 5.74. The Bertz CT molecular complexity index is 286. The maximum absolute atomic E-state index is 10.6. The van der Waals surface area contributed by atoms with E-state index in [0.29, 0.717) is 11.3 Å². The number of rotatable bonds is 3. The van der Waals surface area contributed by atoms with Crippen LogP contribution in [-0.2, 0) is 11.2 Å². The Kier molecular flexibility index (Phi) is 2.63. The fraction of sp³-hybridized carbons (Fsp3) is 0.250. The van der Waals surface area contributed by atoms with Crippen LogP contribution < -0.4 is 10.5 Å². The summed E-state index contributed by atoms with van der Waals surface area (Å²) in [5.74, 6) is 0.255. The van der Waals surface area contributed by atoms with Gasteiger partial charge in [-0.2, -0.15) is 0 Å². The molecule has 1 rings (SSSR count). The number of pyridine rings is 1. The van der Waals surface area contributed by atoms with Crippen molar-refractivity contribution in [2.45, 2.75) is 6.42 Å². The number of amides is 1. The third-order valence-electron chi connectivity index (χ3n) is 1.44. The molecule has 0 atom stereocenters. The lowest BCUT2D eigenvalue weighted by atomic mass is 10.2. The molecular weight excluding hydrogens is 156 g/mol. The van der Waals surface area contributed by atoms with Gasteiger partial charge in [0.2, 0.25) is 5.91 Å². The summed E-state index contributed by atoms with van der Waals surface area (Å²) in [6, 6.07) is 1.69. The molecule has 1 heterocycles. The van der Waals surface area contributed by atoms with E-state index in [1.807, 2.05) is 0 Å². The van der Waals surface area contributed by atoms with Crippen molar-refractivity contribution in [1.82, 2.24) is 4.98 Å². The van der Waals surface area contributed by atoms with E-state index >= 15 is 0 Å². The SMILES string of the molecule is COc1ccncc1CC(N)=O. The van der Waals surface area contributed by atoms with Crippen LogP contribution in [0.1, 0.15) is 5.56 Å². The molecule has 64 valence electrons. The molecule has 0 aliphatic rings. The summed E-state index contributed by atoms with van der Waals surface area (Å²) in [7, 11) is 1.54. The van der Waals surface area contributed by atoms with Crippen molar-refractivity contribution >= 4 is 5.91 Å². The fourth-order valence-electron chi connectivity index (χ4n) is 0.934. The molecule has 1 aromatic heterocycles. The van der Waals surface area contributed by atoms with Gasteiger partial charge in [-0.05, 0) is 6.07 Å². The number of carbonyl (C=O) groups is 1. The molecular formula is C8H10N2O2. The van der Waals surface area contributed by atoms with Crippen LogP contribution in [0.5, 0.6) is 5.75 Å². The van der Waals surface area contributed by atoms with Crippen molar-refractivity contribution in [3.8, 4) is 5.75 Å². The Morgan fingerprint density at radius 2 is 2.50 bits per heavy atom. The van der Waals surface area contributed by atoms with Gasteiger partial charge >= 0.3 is 0 Å². The molecule has 0 aliphatic heterocycles. The summed E-state index contributed by atoms with van der Waals surface area (Å²) < 4.78 is 5.00. The van der Waals surface area contributed by atoms with Crippen molar-refractivity contribution in [3.63, 3.8) is 0 Å². The molecule has 0 radical (unpaired) electrons. The van der Waals surface area contributed by atoms with E-state index in [1.165, 1.54) is 0 Å². The van der Waals surface area contributed by atoms with Crippen LogP contribution in [0, 0.1) is 0 Å². The number of aromatic nitrogens is 1. The Labute approximate surface area is 70.4 Å². The quantitative estimate of drug-likeness (QED) is 0.693. The first kappa shape index (κ1) is 8.52. The molecule has 0 bridgehead atoms. The number of nitrogens with zero attached hydrogens (tertiary/aromatic N) is 1. The lowest BCUT2D eigenvalue weighted by Crippen LogP contribution is -2.14. The van der Waals surface area contributed by atoms with E-state index in [2.05, 4.69) is 4.98 Å². The van der Waals surface area contributed by atoms with Crippen LogP contribution in [0.15, 0.2) is 18.5 Å². The zero-order valence-electron chi connectivity index (χ0n) is 6.78. The van der Waals surface area contributed by atoms with Gasteiger partial charge in [0.1, 0.15) is 5.75 Å². The molecule has 4 nitrogen and oxygen atoms in total. The van der Waals surface area contributed by atoms with Gasteiger partial charge in [-0.1, -0.05) is 0 Å². The van der Waals surface area contributed by atoms with E-state index < -0.39 is 0 Å². The van der Waals surface area contributed by atoms with Crippen molar-refractivity contribution in [1.29, 1.82) is 0 Å². The van der Waals surface area contributed by atoms with Crippen LogP contribution in [0.4, 0.5) is 0 Å². The summed E-state index contributed by atoms with van der Waals surface area (Å²) in [6.07, 6.45) is 3.34. The van der Waals surface area contributed by atoms with Crippen molar-refractivity contribution in [3.05, 3.63) is 24.0 Å². The standard InChI is InChI=1S/C8H10N2O2/c1-12-7-2-3-10-5-6(7)4-8(9)11/h2-3,5H,4H2,1H3,(H2,9,11). The number of hydrogen-bond donors (Lipinski definition) is 1. The molecule has 0 spiro atoms. The van der Waals surface area contributed by atoms with E-state index in [1.54, 1.807) is 25.6 Å². The number of methoxy groups -OCH3 is 1. The van der Waals surface area contributed by atoms with Gasteiger partial charge in [0.15, 0.2) is 0 Å². The molecule has 4 heteroatoms. The highest BCUT2D eigenvalue weighted by atomic mass is 16.5. The van der Waals surface area contributed by atoms with Gasteiger partial charge in [-0.25, -0.2) is 0 Å². The van der Waals surface area contributed by atoms with E-state index in [-0.39, 0.29) is 12.3 Å². The zero-order valence-corrected chi connectivity index (χ0v) is 6.78. The maximum atomic E-state index is 10.6. The average molecular weight is 166 g/mol. The maximum Gasteiger partial charge on any atom is 0.222 e. The Morgan fingerprint density at radius 1 is 1.75 bits per heavy atom. The summed E-state index contributed by atoms with van der Waals surface area (Å²) in [5, 5.41) is 0. The molecule has 0 aromatic carbocycles. The minimum absolute atomic E-state index is 0.164. The number of hydrogen-bond acceptors (Lipinski definition) is 3. The number of primary amides is 1. The predicted octanol–water partition coefficient (Wildman–Crippen LogP) is 0.118. The third kappa shape index (κ3) is 1.95. The first-order valence-corrected chi connectivity index (χ1v) is 3.49. The normalized spacial score (nSPS) is 9.42. The summed E-state index contributed by atoms with van der Waals surface area (Å²) in [5.41, 5.74) is 5.74. The molecule has 1 amide bonds. The van der Waals surface area contributed by atoms with Crippen molar-refractivity contribution in [2.24, 2.45) is 5.73 Å². The van der Waals surface area contributed by atoms with Crippen LogP contribution in [0.3, 0.4) is 0 Å². The number of ether oxygens (including phenoxy) is 1. The largest absolute Gasteiger partial charge is 0.496 e. The van der Waals surface area contributed by atoms with Crippen LogP contribution >= 0.6 is 0 Å². The molecule has 0 saturated carbocycles. The van der Waals surface area contributed by atoms with E-state index in [4.69, 9.17) is 10.5 Å². The molecule has 0 saturated heterocycles. The Balaban J connectivity index is 2.89. The zero-order chi connectivity index (χ0) is 8.97. The second-order valence-electron chi connectivity index (χ2n) is 2.33. The lowest BCUT2D eigenvalue weighted by molar-refractivity contribution is -0.117. The summed E-state index contributed by atoms with van der Waals surface area (Å²) in [4.78, 5) is 14.4. The molecule has 0 fully saturated rings. The summed E-state index contributed by atoms with van der Waals surface area (Å²) >= 11 is 0. The second kappa shape index (κ2) is 3.71. The molecule has 0 aliphatic carbocycles. The molecule has 12 heavy (non-hydrogen) atoms. The highest BCUT2D eigenvalue weighted by molar-refractivity contribution is 5.77. The fourth-order valence-corrected chi connectivity index (χ4v) is 0.934. The summed E-state index contributed by atoms with van der Waals surface area (Å²) in [6.45, 7) is 0. The van der Waals surface area contributed by atoms with Gasteiger partial charge in [0.25, 0.3) is 0 Å². The molecule has 1 aromatic rings. The number of carbonyl (C=O) groups excluding carboxylic acids is 1. The minimum Gasteiger partial charge on any atom is -0.496 e. The van der Waals surface area contributed by atoms with Crippen LogP contribution in [-0.4, -0.2) is 18.0 Å². The van der Waals surface area contributed by atoms with E-state index in [0.717, 1.165) is 0 Å². The highest BCUT2D eigenvalue weighted by Crippen LogP contribution is 2.15. The number of nitrogens with two attached hydrogens (primary N) is 1. The predicted molar refractivity (Wildman–Crippen MR) is 43.7 cm³/mol. The minimum atomic E-state index is -0.388.